The lowest BCUT2D eigenvalue weighted by Crippen LogP contribution is -2.44. The van der Waals surface area contributed by atoms with E-state index in [0.29, 0.717) is 26.7 Å². The second kappa shape index (κ2) is 7.35. The Labute approximate surface area is 179 Å². The molecule has 1 N–H and O–H groups in total. The van der Waals surface area contributed by atoms with Gasteiger partial charge in [0.2, 0.25) is 0 Å². The smallest absolute Gasteiger partial charge is 0.354 e. The summed E-state index contributed by atoms with van der Waals surface area (Å²) in [5, 5.41) is 11.1. The number of aromatic nitrogens is 3. The molecule has 0 saturated carbocycles. The summed E-state index contributed by atoms with van der Waals surface area (Å²) in [4.78, 5) is 18.1. The second-order valence-electron chi connectivity index (χ2n) is 5.73. The molecule has 0 saturated heterocycles. The summed E-state index contributed by atoms with van der Waals surface area (Å²) in [7, 11) is 0. The number of nitrogens with zero attached hydrogens (tertiary/aromatic N) is 3. The van der Waals surface area contributed by atoms with E-state index < -0.39 is 0 Å². The van der Waals surface area contributed by atoms with Crippen molar-refractivity contribution >= 4 is 60.4 Å². The molecule has 3 aromatic heterocycles. The number of rotatable bonds is 3. The SMILES string of the molecule is O=c1c(-c2cccc(Br)c2)c(O)n(Cc2cnc(Cl)s2)c2c(Br)ccc[n+]12. The van der Waals surface area contributed by atoms with Crippen molar-refractivity contribution < 1.29 is 9.51 Å². The van der Waals surface area contributed by atoms with E-state index in [9.17, 15) is 9.90 Å². The van der Waals surface area contributed by atoms with Gasteiger partial charge in [0, 0.05) is 10.7 Å². The maximum absolute atomic E-state index is 13.1. The van der Waals surface area contributed by atoms with Gasteiger partial charge in [-0.05, 0) is 45.8 Å². The van der Waals surface area contributed by atoms with Crippen molar-refractivity contribution in [1.82, 2.24) is 9.55 Å². The summed E-state index contributed by atoms with van der Waals surface area (Å²) < 4.78 is 5.12. The Hall–Kier alpha value is -1.74. The second-order valence-corrected chi connectivity index (χ2v) is 9.20. The van der Waals surface area contributed by atoms with E-state index in [0.717, 1.165) is 9.35 Å². The van der Waals surface area contributed by atoms with Crippen LogP contribution in [0.4, 0.5) is 0 Å². The van der Waals surface area contributed by atoms with Gasteiger partial charge in [0.25, 0.3) is 5.88 Å². The van der Waals surface area contributed by atoms with Gasteiger partial charge in [-0.3, -0.25) is 0 Å². The molecular formula is C18H11Br2ClN3O2S+. The van der Waals surface area contributed by atoms with Gasteiger partial charge in [-0.15, -0.1) is 11.3 Å². The van der Waals surface area contributed by atoms with Crippen LogP contribution in [0, 0.1) is 0 Å². The number of thiazole rings is 1. The summed E-state index contributed by atoms with van der Waals surface area (Å²) in [5.41, 5.74) is 1.09. The van der Waals surface area contributed by atoms with Crippen molar-refractivity contribution in [3.8, 4) is 17.0 Å². The Morgan fingerprint density at radius 1 is 1.26 bits per heavy atom. The molecule has 5 nitrogen and oxygen atoms in total. The largest absolute Gasteiger partial charge is 0.477 e. The molecule has 0 amide bonds. The summed E-state index contributed by atoms with van der Waals surface area (Å²) >= 11 is 14.2. The fourth-order valence-electron chi connectivity index (χ4n) is 2.91. The molecular weight excluding hydrogens is 518 g/mol. The molecule has 9 heteroatoms. The molecule has 136 valence electrons. The quantitative estimate of drug-likeness (QED) is 0.394. The van der Waals surface area contributed by atoms with E-state index in [1.807, 2.05) is 18.2 Å². The Morgan fingerprint density at radius 2 is 2.07 bits per heavy atom. The van der Waals surface area contributed by atoms with Crippen LogP contribution in [0.25, 0.3) is 16.8 Å². The number of halogens is 3. The number of aromatic hydroxyl groups is 1. The molecule has 0 bridgehead atoms. The number of hydrogen-bond donors (Lipinski definition) is 1. The van der Waals surface area contributed by atoms with E-state index in [2.05, 4.69) is 36.8 Å². The highest BCUT2D eigenvalue weighted by atomic mass is 79.9. The van der Waals surface area contributed by atoms with Crippen LogP contribution in [-0.4, -0.2) is 14.7 Å². The average Bonchev–Trinajstić information content (AvgIpc) is 3.04. The molecule has 1 aromatic carbocycles. The lowest BCUT2D eigenvalue weighted by atomic mass is 10.1. The van der Waals surface area contributed by atoms with Crippen LogP contribution in [0.3, 0.4) is 0 Å². The van der Waals surface area contributed by atoms with E-state index in [4.69, 9.17) is 11.6 Å². The first-order valence-corrected chi connectivity index (χ1v) is 10.6. The molecule has 0 aliphatic rings. The maximum atomic E-state index is 13.1. The summed E-state index contributed by atoms with van der Waals surface area (Å²) in [6.07, 6.45) is 3.34. The number of pyridine rings is 1. The zero-order chi connectivity index (χ0) is 19.1. The third kappa shape index (κ3) is 3.42. The Bertz CT molecular complexity index is 1240. The van der Waals surface area contributed by atoms with Gasteiger partial charge < -0.3 is 5.11 Å². The predicted octanol–water partition coefficient (Wildman–Crippen LogP) is 4.64. The van der Waals surface area contributed by atoms with Crippen LogP contribution in [0.5, 0.6) is 5.88 Å². The third-order valence-corrected chi connectivity index (χ3v) is 6.25. The molecule has 0 atom stereocenters. The van der Waals surface area contributed by atoms with Crippen LogP contribution in [-0.2, 0) is 6.54 Å². The van der Waals surface area contributed by atoms with Crippen molar-refractivity contribution in [3.63, 3.8) is 0 Å². The van der Waals surface area contributed by atoms with Crippen molar-refractivity contribution in [2.75, 3.05) is 0 Å². The van der Waals surface area contributed by atoms with Gasteiger partial charge in [0.15, 0.2) is 10.0 Å². The highest BCUT2D eigenvalue weighted by molar-refractivity contribution is 9.10. The van der Waals surface area contributed by atoms with E-state index in [1.54, 1.807) is 35.2 Å². The zero-order valence-corrected chi connectivity index (χ0v) is 18.3. The minimum atomic E-state index is -0.305. The Kier molecular flexibility index (Phi) is 5.07. The van der Waals surface area contributed by atoms with Crippen LogP contribution in [0.2, 0.25) is 4.47 Å². The molecule has 0 spiro atoms. The van der Waals surface area contributed by atoms with Gasteiger partial charge in [-0.2, -0.15) is 8.97 Å². The van der Waals surface area contributed by atoms with E-state index >= 15 is 0 Å². The average molecular weight is 529 g/mol. The van der Waals surface area contributed by atoms with Crippen LogP contribution in [0.1, 0.15) is 4.88 Å². The number of benzene rings is 1. The molecule has 4 aromatic rings. The molecule has 0 aliphatic carbocycles. The van der Waals surface area contributed by atoms with Crippen LogP contribution in [0.15, 0.2) is 62.5 Å². The Morgan fingerprint density at radius 3 is 2.78 bits per heavy atom. The standard InChI is InChI=1S/C18H10Br2ClN3O2S/c19-11-4-1-3-10(7-11)14-16(25)23-6-2-5-13(20)15(23)24(17(14)26)9-12-8-22-18(21)27-12/h1-8H,9H2/p+1. The Balaban J connectivity index is 2.07. The highest BCUT2D eigenvalue weighted by Crippen LogP contribution is 2.31. The molecule has 0 radical (unpaired) electrons. The fourth-order valence-corrected chi connectivity index (χ4v) is 4.83. The van der Waals surface area contributed by atoms with Gasteiger partial charge in [-0.1, -0.05) is 39.7 Å². The summed E-state index contributed by atoms with van der Waals surface area (Å²) in [6, 6.07) is 10.9. The number of hydrogen-bond acceptors (Lipinski definition) is 4. The van der Waals surface area contributed by atoms with Crippen molar-refractivity contribution in [2.45, 2.75) is 6.54 Å². The van der Waals surface area contributed by atoms with Gasteiger partial charge in [0.1, 0.15) is 11.0 Å². The summed E-state index contributed by atoms with van der Waals surface area (Å²) in [5.74, 6) is -0.116. The first-order valence-electron chi connectivity index (χ1n) is 7.77. The van der Waals surface area contributed by atoms with Gasteiger partial charge >= 0.3 is 11.2 Å². The molecule has 3 heterocycles. The first-order chi connectivity index (χ1) is 13.0. The maximum Gasteiger partial charge on any atom is 0.354 e. The minimum Gasteiger partial charge on any atom is -0.477 e. The zero-order valence-electron chi connectivity index (χ0n) is 13.6. The summed E-state index contributed by atoms with van der Waals surface area (Å²) in [6.45, 7) is 0.323. The van der Waals surface area contributed by atoms with Crippen LogP contribution < -0.4 is 9.96 Å². The van der Waals surface area contributed by atoms with Crippen LogP contribution >= 0.6 is 54.8 Å². The lowest BCUT2D eigenvalue weighted by Gasteiger charge is -2.10. The van der Waals surface area contributed by atoms with E-state index in [1.165, 1.54) is 15.7 Å². The molecule has 4 rings (SSSR count). The van der Waals surface area contributed by atoms with Crippen molar-refractivity contribution in [1.29, 1.82) is 0 Å². The topological polar surface area (TPSA) is 59.2 Å². The molecule has 0 aliphatic heterocycles. The predicted molar refractivity (Wildman–Crippen MR) is 113 cm³/mol. The van der Waals surface area contributed by atoms with E-state index in [-0.39, 0.29) is 17.0 Å². The first kappa shape index (κ1) is 18.6. The lowest BCUT2D eigenvalue weighted by molar-refractivity contribution is -0.532. The van der Waals surface area contributed by atoms with Gasteiger partial charge in [0.05, 0.1) is 11.1 Å². The normalized spacial score (nSPS) is 11.2. The van der Waals surface area contributed by atoms with Crippen molar-refractivity contribution in [2.24, 2.45) is 0 Å². The third-order valence-electron chi connectivity index (χ3n) is 4.04. The molecule has 0 fully saturated rings. The minimum absolute atomic E-state index is 0.116. The highest BCUT2D eigenvalue weighted by Gasteiger charge is 2.27. The molecule has 0 unspecified atom stereocenters. The van der Waals surface area contributed by atoms with Crippen molar-refractivity contribution in [3.05, 3.63) is 77.4 Å². The fraction of sp³-hybridized carbons (Fsp3) is 0.0556. The molecule has 27 heavy (non-hydrogen) atoms. The number of fused-ring (bicyclic) bond motifs is 1. The monoisotopic (exact) mass is 526 g/mol. The van der Waals surface area contributed by atoms with Gasteiger partial charge in [-0.25, -0.2) is 9.78 Å².